The highest BCUT2D eigenvalue weighted by atomic mass is 32.2. The summed E-state index contributed by atoms with van der Waals surface area (Å²) in [4.78, 5) is 0. The number of sulfone groups is 1. The Hall–Kier alpha value is -1.07. The topological polar surface area (TPSA) is 63.6 Å². The minimum atomic E-state index is -2.93. The molecule has 1 atom stereocenters. The number of rotatable bonds is 8. The molecule has 0 radical (unpaired) electrons. The minimum Gasteiger partial charge on any atom is -0.493 e. The lowest BCUT2D eigenvalue weighted by Gasteiger charge is -2.11. The van der Waals surface area contributed by atoms with Gasteiger partial charge in [0, 0.05) is 18.4 Å². The number of aliphatic hydroxyl groups is 1. The Morgan fingerprint density at radius 2 is 1.89 bits per heavy atom. The summed E-state index contributed by atoms with van der Waals surface area (Å²) in [5, 5.41) is 9.65. The molecule has 1 rings (SSSR count). The lowest BCUT2D eigenvalue weighted by molar-refractivity contribution is 0.130. The molecule has 1 aromatic carbocycles. The van der Waals surface area contributed by atoms with Crippen LogP contribution in [0.25, 0.3) is 0 Å². The van der Waals surface area contributed by atoms with Crippen LogP contribution in [0.4, 0.5) is 0 Å². The molecule has 0 saturated heterocycles. The van der Waals surface area contributed by atoms with Crippen molar-refractivity contribution < 1.29 is 18.3 Å². The van der Waals surface area contributed by atoms with E-state index < -0.39 is 15.9 Å². The Morgan fingerprint density at radius 1 is 1.22 bits per heavy atom. The largest absolute Gasteiger partial charge is 0.493 e. The van der Waals surface area contributed by atoms with Gasteiger partial charge in [-0.2, -0.15) is 0 Å². The second-order valence-corrected chi connectivity index (χ2v) is 6.64. The van der Waals surface area contributed by atoms with Crippen molar-refractivity contribution in [3.63, 3.8) is 0 Å². The quantitative estimate of drug-likeness (QED) is 0.781. The fourth-order valence-electron chi connectivity index (χ4n) is 1.56. The standard InChI is InChI=1S/C13H20O4S/c1-18(15,16)11-5-6-12(14)9-10-17-13-7-3-2-4-8-13/h2-4,7-8,12,14H,5-6,9-11H2,1H3. The van der Waals surface area contributed by atoms with Crippen LogP contribution in [0.5, 0.6) is 5.75 Å². The van der Waals surface area contributed by atoms with Crippen LogP contribution in [0.3, 0.4) is 0 Å². The van der Waals surface area contributed by atoms with E-state index in [2.05, 4.69) is 0 Å². The first-order chi connectivity index (χ1) is 8.47. The Morgan fingerprint density at radius 3 is 2.50 bits per heavy atom. The van der Waals surface area contributed by atoms with Gasteiger partial charge in [0.25, 0.3) is 0 Å². The molecule has 5 heteroatoms. The molecule has 0 aliphatic carbocycles. The van der Waals surface area contributed by atoms with Crippen molar-refractivity contribution in [2.75, 3.05) is 18.6 Å². The average molecular weight is 272 g/mol. The summed E-state index contributed by atoms with van der Waals surface area (Å²) in [6.07, 6.45) is 2.20. The highest BCUT2D eigenvalue weighted by molar-refractivity contribution is 7.90. The van der Waals surface area contributed by atoms with Crippen molar-refractivity contribution in [3.05, 3.63) is 30.3 Å². The molecular weight excluding hydrogens is 252 g/mol. The second-order valence-electron chi connectivity index (χ2n) is 4.38. The summed E-state index contributed by atoms with van der Waals surface area (Å²) in [6.45, 7) is 0.435. The summed E-state index contributed by atoms with van der Waals surface area (Å²) >= 11 is 0. The monoisotopic (exact) mass is 272 g/mol. The molecule has 0 aliphatic heterocycles. The Labute approximate surface area is 109 Å². The average Bonchev–Trinajstić information content (AvgIpc) is 2.28. The van der Waals surface area contributed by atoms with E-state index in [-0.39, 0.29) is 5.75 Å². The van der Waals surface area contributed by atoms with Gasteiger partial charge in [-0.3, -0.25) is 0 Å². The van der Waals surface area contributed by atoms with Crippen molar-refractivity contribution in [2.24, 2.45) is 0 Å². The fraction of sp³-hybridized carbons (Fsp3) is 0.538. The maximum atomic E-state index is 10.9. The van der Waals surface area contributed by atoms with Crippen molar-refractivity contribution in [3.8, 4) is 5.75 Å². The molecule has 1 aromatic rings. The SMILES string of the molecule is CS(=O)(=O)CCCC(O)CCOc1ccccc1. The molecule has 0 heterocycles. The molecule has 1 unspecified atom stereocenters. The van der Waals surface area contributed by atoms with Crippen LogP contribution in [0.15, 0.2) is 30.3 Å². The van der Waals surface area contributed by atoms with E-state index in [1.54, 1.807) is 0 Å². The van der Waals surface area contributed by atoms with E-state index in [9.17, 15) is 13.5 Å². The van der Waals surface area contributed by atoms with Crippen LogP contribution in [0.1, 0.15) is 19.3 Å². The summed E-state index contributed by atoms with van der Waals surface area (Å²) in [5.41, 5.74) is 0. The Kier molecular flexibility index (Phi) is 6.15. The molecule has 0 spiro atoms. The van der Waals surface area contributed by atoms with Gasteiger partial charge >= 0.3 is 0 Å². The summed E-state index contributed by atoms with van der Waals surface area (Å²) in [6, 6.07) is 9.40. The van der Waals surface area contributed by atoms with E-state index in [0.717, 1.165) is 5.75 Å². The third-order valence-electron chi connectivity index (χ3n) is 2.52. The van der Waals surface area contributed by atoms with Gasteiger partial charge in [0.15, 0.2) is 0 Å². The molecule has 0 saturated carbocycles. The molecule has 0 fully saturated rings. The van der Waals surface area contributed by atoms with Crippen molar-refractivity contribution in [2.45, 2.75) is 25.4 Å². The highest BCUT2D eigenvalue weighted by Crippen LogP contribution is 2.10. The van der Waals surface area contributed by atoms with E-state index in [0.29, 0.717) is 25.9 Å². The smallest absolute Gasteiger partial charge is 0.147 e. The van der Waals surface area contributed by atoms with Crippen LogP contribution in [-0.2, 0) is 9.84 Å². The predicted octanol–water partition coefficient (Wildman–Crippen LogP) is 1.64. The van der Waals surface area contributed by atoms with Crippen LogP contribution >= 0.6 is 0 Å². The van der Waals surface area contributed by atoms with Gasteiger partial charge in [0.2, 0.25) is 0 Å². The van der Waals surface area contributed by atoms with Gasteiger partial charge in [0.1, 0.15) is 15.6 Å². The molecule has 0 bridgehead atoms. The number of ether oxygens (including phenoxy) is 1. The molecule has 0 aliphatic rings. The summed E-state index contributed by atoms with van der Waals surface area (Å²) in [7, 11) is -2.93. The lowest BCUT2D eigenvalue weighted by Crippen LogP contribution is -2.14. The molecule has 4 nitrogen and oxygen atoms in total. The number of para-hydroxylation sites is 1. The third-order valence-corrected chi connectivity index (χ3v) is 3.55. The van der Waals surface area contributed by atoms with Gasteiger partial charge in [-0.15, -0.1) is 0 Å². The first-order valence-corrected chi connectivity index (χ1v) is 8.07. The first-order valence-electron chi connectivity index (χ1n) is 6.01. The molecule has 0 amide bonds. The normalized spacial score (nSPS) is 13.2. The number of aliphatic hydroxyl groups excluding tert-OH is 1. The van der Waals surface area contributed by atoms with Gasteiger partial charge in [-0.05, 0) is 25.0 Å². The van der Waals surface area contributed by atoms with Crippen LogP contribution in [-0.4, -0.2) is 38.2 Å². The zero-order valence-electron chi connectivity index (χ0n) is 10.6. The van der Waals surface area contributed by atoms with Crippen LogP contribution < -0.4 is 4.74 Å². The van der Waals surface area contributed by atoms with Crippen molar-refractivity contribution in [1.29, 1.82) is 0 Å². The van der Waals surface area contributed by atoms with E-state index in [4.69, 9.17) is 4.74 Å². The Bertz CT molecular complexity index is 428. The fourth-order valence-corrected chi connectivity index (χ4v) is 2.25. The van der Waals surface area contributed by atoms with E-state index >= 15 is 0 Å². The number of hydrogen-bond acceptors (Lipinski definition) is 4. The van der Waals surface area contributed by atoms with Crippen LogP contribution in [0, 0.1) is 0 Å². The molecule has 0 aromatic heterocycles. The Balaban J connectivity index is 2.12. The summed E-state index contributed by atoms with van der Waals surface area (Å²) < 4.78 is 27.3. The van der Waals surface area contributed by atoms with Gasteiger partial charge in [-0.1, -0.05) is 18.2 Å². The van der Waals surface area contributed by atoms with Gasteiger partial charge < -0.3 is 9.84 Å². The second kappa shape index (κ2) is 7.38. The van der Waals surface area contributed by atoms with Crippen molar-refractivity contribution >= 4 is 9.84 Å². The maximum Gasteiger partial charge on any atom is 0.147 e. The molecule has 18 heavy (non-hydrogen) atoms. The molecular formula is C13H20O4S. The minimum absolute atomic E-state index is 0.129. The molecule has 102 valence electrons. The third kappa shape index (κ3) is 7.29. The van der Waals surface area contributed by atoms with Gasteiger partial charge in [-0.25, -0.2) is 8.42 Å². The van der Waals surface area contributed by atoms with E-state index in [1.807, 2.05) is 30.3 Å². The summed E-state index contributed by atoms with van der Waals surface area (Å²) in [5.74, 6) is 0.907. The lowest BCUT2D eigenvalue weighted by atomic mass is 10.1. The van der Waals surface area contributed by atoms with Crippen LogP contribution in [0.2, 0.25) is 0 Å². The zero-order valence-corrected chi connectivity index (χ0v) is 11.4. The zero-order chi connectivity index (χ0) is 13.4. The van der Waals surface area contributed by atoms with Crippen molar-refractivity contribution in [1.82, 2.24) is 0 Å². The first kappa shape index (κ1) is 15.0. The number of benzene rings is 1. The maximum absolute atomic E-state index is 10.9. The molecule has 1 N–H and O–H groups in total. The number of hydrogen-bond donors (Lipinski definition) is 1. The highest BCUT2D eigenvalue weighted by Gasteiger charge is 2.07. The van der Waals surface area contributed by atoms with E-state index in [1.165, 1.54) is 6.26 Å². The van der Waals surface area contributed by atoms with Gasteiger partial charge in [0.05, 0.1) is 12.7 Å². The predicted molar refractivity (Wildman–Crippen MR) is 71.5 cm³/mol.